The highest BCUT2D eigenvalue weighted by atomic mass is 16.6. The first-order chi connectivity index (χ1) is 12.8. The standard InChI is InChI=1S/C20H25N3O4/c1-5-26-18(24)17(23-19(25)27-20(2,3)4)10-14-6-8-15(9-7-14)16-11-21-13-22-12-16/h6-9,11-13,17H,5,10H2,1-4H3,(H,23,25). The van der Waals surface area contributed by atoms with Gasteiger partial charge >= 0.3 is 12.1 Å². The van der Waals surface area contributed by atoms with Gasteiger partial charge in [0.15, 0.2) is 0 Å². The topological polar surface area (TPSA) is 90.4 Å². The molecule has 0 saturated heterocycles. The molecule has 2 aromatic rings. The summed E-state index contributed by atoms with van der Waals surface area (Å²) in [6, 6.07) is 6.80. The van der Waals surface area contributed by atoms with Crippen LogP contribution in [0.3, 0.4) is 0 Å². The molecule has 0 fully saturated rings. The maximum absolute atomic E-state index is 12.2. The van der Waals surface area contributed by atoms with Crippen LogP contribution in [-0.2, 0) is 20.7 Å². The van der Waals surface area contributed by atoms with E-state index >= 15 is 0 Å². The molecule has 0 saturated carbocycles. The molecule has 2 rings (SSSR count). The number of hydrogen-bond acceptors (Lipinski definition) is 6. The molecule has 1 amide bonds. The highest BCUT2D eigenvalue weighted by molar-refractivity contribution is 5.81. The number of carbonyl (C=O) groups excluding carboxylic acids is 2. The molecule has 7 heteroatoms. The maximum atomic E-state index is 12.2. The Morgan fingerprint density at radius 1 is 1.07 bits per heavy atom. The van der Waals surface area contributed by atoms with E-state index < -0.39 is 23.7 Å². The summed E-state index contributed by atoms with van der Waals surface area (Å²) in [6.07, 6.45) is 4.58. The lowest BCUT2D eigenvalue weighted by Gasteiger charge is -2.23. The zero-order chi connectivity index (χ0) is 19.9. The Kier molecular flexibility index (Phi) is 6.87. The molecule has 1 unspecified atom stereocenters. The molecule has 0 bridgehead atoms. The van der Waals surface area contributed by atoms with E-state index in [9.17, 15) is 9.59 Å². The molecule has 0 aliphatic rings. The van der Waals surface area contributed by atoms with Crippen LogP contribution in [0.15, 0.2) is 43.0 Å². The summed E-state index contributed by atoms with van der Waals surface area (Å²) in [7, 11) is 0. The van der Waals surface area contributed by atoms with E-state index in [1.807, 2.05) is 24.3 Å². The van der Waals surface area contributed by atoms with Gasteiger partial charge in [0, 0.05) is 24.4 Å². The number of esters is 1. The van der Waals surface area contributed by atoms with Gasteiger partial charge in [-0.2, -0.15) is 0 Å². The normalized spacial score (nSPS) is 12.1. The van der Waals surface area contributed by atoms with Crippen LogP contribution in [0.4, 0.5) is 4.79 Å². The SMILES string of the molecule is CCOC(=O)C(Cc1ccc(-c2cncnc2)cc1)NC(=O)OC(C)(C)C. The van der Waals surface area contributed by atoms with Gasteiger partial charge in [-0.3, -0.25) is 0 Å². The predicted octanol–water partition coefficient (Wildman–Crippen LogP) is 3.14. The summed E-state index contributed by atoms with van der Waals surface area (Å²) < 4.78 is 10.3. The number of carbonyl (C=O) groups is 2. The lowest BCUT2D eigenvalue weighted by Crippen LogP contribution is -2.45. The Balaban J connectivity index is 2.10. The summed E-state index contributed by atoms with van der Waals surface area (Å²) >= 11 is 0. The smallest absolute Gasteiger partial charge is 0.408 e. The summed E-state index contributed by atoms with van der Waals surface area (Å²) in [6.45, 7) is 7.24. The summed E-state index contributed by atoms with van der Waals surface area (Å²) in [5.74, 6) is -0.496. The number of rotatable bonds is 6. The molecule has 27 heavy (non-hydrogen) atoms. The highest BCUT2D eigenvalue weighted by Crippen LogP contribution is 2.18. The van der Waals surface area contributed by atoms with Crippen LogP contribution < -0.4 is 5.32 Å². The van der Waals surface area contributed by atoms with Crippen LogP contribution in [0.2, 0.25) is 0 Å². The van der Waals surface area contributed by atoms with Crippen LogP contribution in [-0.4, -0.2) is 40.3 Å². The molecule has 7 nitrogen and oxygen atoms in total. The van der Waals surface area contributed by atoms with E-state index in [1.54, 1.807) is 40.1 Å². The number of benzene rings is 1. The lowest BCUT2D eigenvalue weighted by molar-refractivity contribution is -0.145. The number of nitrogens with zero attached hydrogens (tertiary/aromatic N) is 2. The Hall–Kier alpha value is -2.96. The lowest BCUT2D eigenvalue weighted by atomic mass is 10.0. The predicted molar refractivity (Wildman–Crippen MR) is 101 cm³/mol. The molecule has 1 aromatic heterocycles. The van der Waals surface area contributed by atoms with Crippen molar-refractivity contribution in [2.75, 3.05) is 6.61 Å². The van der Waals surface area contributed by atoms with Crippen LogP contribution in [0, 0.1) is 0 Å². The molecular formula is C20H25N3O4. The molecule has 0 aliphatic heterocycles. The molecule has 1 atom stereocenters. The number of aromatic nitrogens is 2. The number of ether oxygens (including phenoxy) is 2. The number of alkyl carbamates (subject to hydrolysis) is 1. The second kappa shape index (κ2) is 9.12. The van der Waals surface area contributed by atoms with Gasteiger partial charge in [0.25, 0.3) is 0 Å². The molecule has 0 spiro atoms. The Bertz CT molecular complexity index is 755. The fraction of sp³-hybridized carbons (Fsp3) is 0.400. The average Bonchev–Trinajstić information content (AvgIpc) is 2.61. The molecule has 144 valence electrons. The minimum atomic E-state index is -0.828. The minimum absolute atomic E-state index is 0.234. The third-order valence-corrected chi connectivity index (χ3v) is 3.55. The van der Waals surface area contributed by atoms with Crippen LogP contribution in [0.25, 0.3) is 11.1 Å². The number of nitrogens with one attached hydrogen (secondary N) is 1. The van der Waals surface area contributed by atoms with Crippen molar-refractivity contribution in [1.82, 2.24) is 15.3 Å². The molecule has 1 aromatic carbocycles. The first-order valence-corrected chi connectivity index (χ1v) is 8.79. The van der Waals surface area contributed by atoms with Crippen molar-refractivity contribution < 1.29 is 19.1 Å². The van der Waals surface area contributed by atoms with E-state index in [4.69, 9.17) is 9.47 Å². The van der Waals surface area contributed by atoms with E-state index in [0.717, 1.165) is 16.7 Å². The monoisotopic (exact) mass is 371 g/mol. The molecule has 1 heterocycles. The van der Waals surface area contributed by atoms with Gasteiger partial charge in [-0.25, -0.2) is 19.6 Å². The van der Waals surface area contributed by atoms with Crippen LogP contribution in [0.1, 0.15) is 33.3 Å². The van der Waals surface area contributed by atoms with Crippen molar-refractivity contribution in [2.45, 2.75) is 45.8 Å². The van der Waals surface area contributed by atoms with Crippen molar-refractivity contribution in [3.05, 3.63) is 48.5 Å². The maximum Gasteiger partial charge on any atom is 0.408 e. The zero-order valence-electron chi connectivity index (χ0n) is 16.1. The van der Waals surface area contributed by atoms with Crippen LogP contribution >= 0.6 is 0 Å². The van der Waals surface area contributed by atoms with Crippen molar-refractivity contribution in [2.24, 2.45) is 0 Å². The Morgan fingerprint density at radius 2 is 1.70 bits per heavy atom. The number of amides is 1. The third-order valence-electron chi connectivity index (χ3n) is 3.55. The van der Waals surface area contributed by atoms with Gasteiger partial charge in [-0.15, -0.1) is 0 Å². The van der Waals surface area contributed by atoms with Gasteiger partial charge in [0.1, 0.15) is 18.0 Å². The first-order valence-electron chi connectivity index (χ1n) is 8.79. The van der Waals surface area contributed by atoms with Crippen LogP contribution in [0.5, 0.6) is 0 Å². The van der Waals surface area contributed by atoms with E-state index in [2.05, 4.69) is 15.3 Å². The summed E-state index contributed by atoms with van der Waals surface area (Å²) in [4.78, 5) is 32.3. The fourth-order valence-electron chi connectivity index (χ4n) is 2.40. The van der Waals surface area contributed by atoms with Gasteiger partial charge in [-0.1, -0.05) is 24.3 Å². The third kappa shape index (κ3) is 6.69. The second-order valence-electron chi connectivity index (χ2n) is 6.98. The molecule has 1 N–H and O–H groups in total. The van der Waals surface area contributed by atoms with Crippen molar-refractivity contribution in [3.63, 3.8) is 0 Å². The Labute approximate surface area is 159 Å². The van der Waals surface area contributed by atoms with Crippen molar-refractivity contribution >= 4 is 12.1 Å². The van der Waals surface area contributed by atoms with Gasteiger partial charge < -0.3 is 14.8 Å². The molecule has 0 aliphatic carbocycles. The Morgan fingerprint density at radius 3 is 2.26 bits per heavy atom. The molecule has 0 radical (unpaired) electrons. The first kappa shape index (κ1) is 20.4. The van der Waals surface area contributed by atoms with Crippen molar-refractivity contribution in [1.29, 1.82) is 0 Å². The van der Waals surface area contributed by atoms with E-state index in [1.165, 1.54) is 6.33 Å². The number of hydrogen-bond donors (Lipinski definition) is 1. The second-order valence-corrected chi connectivity index (χ2v) is 6.98. The van der Waals surface area contributed by atoms with Crippen molar-refractivity contribution in [3.8, 4) is 11.1 Å². The van der Waals surface area contributed by atoms with E-state index in [-0.39, 0.29) is 6.61 Å². The quantitative estimate of drug-likeness (QED) is 0.785. The largest absolute Gasteiger partial charge is 0.464 e. The fourth-order valence-corrected chi connectivity index (χ4v) is 2.40. The van der Waals surface area contributed by atoms with E-state index in [0.29, 0.717) is 6.42 Å². The van der Waals surface area contributed by atoms with Gasteiger partial charge in [-0.05, 0) is 38.8 Å². The highest BCUT2D eigenvalue weighted by Gasteiger charge is 2.25. The summed E-state index contributed by atoms with van der Waals surface area (Å²) in [5.41, 5.74) is 2.10. The summed E-state index contributed by atoms with van der Waals surface area (Å²) in [5, 5.41) is 2.60. The average molecular weight is 371 g/mol. The van der Waals surface area contributed by atoms with Gasteiger partial charge in [0.05, 0.1) is 6.61 Å². The molecular weight excluding hydrogens is 346 g/mol. The zero-order valence-corrected chi connectivity index (χ0v) is 16.1. The minimum Gasteiger partial charge on any atom is -0.464 e. The van der Waals surface area contributed by atoms with Gasteiger partial charge in [0.2, 0.25) is 0 Å².